The summed E-state index contributed by atoms with van der Waals surface area (Å²) < 4.78 is 46.6. The molecule has 3 aromatic rings. The van der Waals surface area contributed by atoms with Gasteiger partial charge in [0.15, 0.2) is 0 Å². The number of halogens is 1. The predicted molar refractivity (Wildman–Crippen MR) is 126 cm³/mol. The topological polar surface area (TPSA) is 102 Å². The van der Waals surface area contributed by atoms with E-state index < -0.39 is 33.8 Å². The fraction of sp³-hybridized carbons (Fsp3) is 0.200. The molecule has 0 aliphatic heterocycles. The Bertz CT molecular complexity index is 1280. The standard InChI is InChI=1S/C25H25FN2O5S/c1-3-33-25(30)23(14-18-8-5-4-6-9-18)27-24(29)19-10-7-11-20(15-19)28-34(31,32)21-13-12-17(2)22(26)16-21/h4-13,15-16,23,28H,3,14H2,1-2H3,(H,27,29). The first-order valence-corrected chi connectivity index (χ1v) is 12.1. The number of rotatable bonds is 9. The van der Waals surface area contributed by atoms with Crippen molar-refractivity contribution in [3.05, 3.63) is 95.3 Å². The van der Waals surface area contributed by atoms with E-state index in [2.05, 4.69) is 10.0 Å². The molecule has 178 valence electrons. The van der Waals surface area contributed by atoms with Gasteiger partial charge in [0.1, 0.15) is 11.9 Å². The molecule has 0 aromatic heterocycles. The van der Waals surface area contributed by atoms with Gasteiger partial charge >= 0.3 is 5.97 Å². The van der Waals surface area contributed by atoms with Crippen molar-refractivity contribution in [1.82, 2.24) is 5.32 Å². The van der Waals surface area contributed by atoms with E-state index in [0.29, 0.717) is 5.56 Å². The van der Waals surface area contributed by atoms with Crippen molar-refractivity contribution in [2.24, 2.45) is 0 Å². The molecule has 0 radical (unpaired) electrons. The molecule has 1 amide bonds. The molecule has 3 aromatic carbocycles. The van der Waals surface area contributed by atoms with E-state index in [9.17, 15) is 22.4 Å². The minimum Gasteiger partial charge on any atom is -0.464 e. The van der Waals surface area contributed by atoms with Crippen molar-refractivity contribution in [3.63, 3.8) is 0 Å². The lowest BCUT2D eigenvalue weighted by atomic mass is 10.1. The molecule has 0 fully saturated rings. The Morgan fingerprint density at radius 2 is 1.74 bits per heavy atom. The smallest absolute Gasteiger partial charge is 0.328 e. The summed E-state index contributed by atoms with van der Waals surface area (Å²) in [5.41, 5.74) is 1.42. The van der Waals surface area contributed by atoms with Gasteiger partial charge in [0, 0.05) is 17.7 Å². The van der Waals surface area contributed by atoms with E-state index in [-0.39, 0.29) is 29.2 Å². The third kappa shape index (κ3) is 6.41. The van der Waals surface area contributed by atoms with E-state index in [0.717, 1.165) is 11.6 Å². The summed E-state index contributed by atoms with van der Waals surface area (Å²) in [6.07, 6.45) is 0.233. The van der Waals surface area contributed by atoms with Gasteiger partial charge in [-0.2, -0.15) is 0 Å². The highest BCUT2D eigenvalue weighted by molar-refractivity contribution is 7.92. The molecular weight excluding hydrogens is 459 g/mol. The molecule has 0 aliphatic rings. The Morgan fingerprint density at radius 3 is 2.41 bits per heavy atom. The molecule has 3 rings (SSSR count). The number of esters is 1. The Balaban J connectivity index is 1.78. The Kier molecular flexibility index (Phi) is 8.01. The molecule has 0 spiro atoms. The minimum absolute atomic E-state index is 0.115. The number of nitrogens with one attached hydrogen (secondary N) is 2. The molecular formula is C25H25FN2O5S. The van der Waals surface area contributed by atoms with Crippen LogP contribution in [0, 0.1) is 12.7 Å². The molecule has 9 heteroatoms. The SMILES string of the molecule is CCOC(=O)C(Cc1ccccc1)NC(=O)c1cccc(NS(=O)(=O)c2ccc(C)c(F)c2)c1. The van der Waals surface area contributed by atoms with Gasteiger partial charge in [-0.1, -0.05) is 42.5 Å². The van der Waals surface area contributed by atoms with Crippen molar-refractivity contribution in [2.45, 2.75) is 31.2 Å². The highest BCUT2D eigenvalue weighted by Crippen LogP contribution is 2.19. The van der Waals surface area contributed by atoms with Crippen LogP contribution >= 0.6 is 0 Å². The van der Waals surface area contributed by atoms with Crippen molar-refractivity contribution >= 4 is 27.6 Å². The summed E-state index contributed by atoms with van der Waals surface area (Å²) >= 11 is 0. The van der Waals surface area contributed by atoms with Crippen LogP contribution in [0.1, 0.15) is 28.4 Å². The predicted octanol–water partition coefficient (Wildman–Crippen LogP) is 3.84. The van der Waals surface area contributed by atoms with E-state index in [1.54, 1.807) is 6.92 Å². The van der Waals surface area contributed by atoms with Gasteiger partial charge in [0.2, 0.25) is 0 Å². The van der Waals surface area contributed by atoms with Crippen LogP contribution in [0.2, 0.25) is 0 Å². The van der Waals surface area contributed by atoms with Gasteiger partial charge < -0.3 is 10.1 Å². The average Bonchev–Trinajstić information content (AvgIpc) is 2.81. The zero-order valence-electron chi connectivity index (χ0n) is 18.7. The van der Waals surface area contributed by atoms with Crippen LogP contribution in [-0.4, -0.2) is 32.9 Å². The number of benzene rings is 3. The largest absolute Gasteiger partial charge is 0.464 e. The minimum atomic E-state index is -4.08. The average molecular weight is 485 g/mol. The zero-order valence-corrected chi connectivity index (χ0v) is 19.6. The van der Waals surface area contributed by atoms with Gasteiger partial charge in [-0.15, -0.1) is 0 Å². The molecule has 0 bridgehead atoms. The molecule has 1 atom stereocenters. The summed E-state index contributed by atoms with van der Waals surface area (Å²) in [5.74, 6) is -1.78. The second kappa shape index (κ2) is 10.9. The fourth-order valence-electron chi connectivity index (χ4n) is 3.21. The van der Waals surface area contributed by atoms with Crippen molar-refractivity contribution in [2.75, 3.05) is 11.3 Å². The van der Waals surface area contributed by atoms with Crippen LogP contribution < -0.4 is 10.0 Å². The van der Waals surface area contributed by atoms with Crippen LogP contribution in [-0.2, 0) is 26.0 Å². The lowest BCUT2D eigenvalue weighted by Crippen LogP contribution is -2.43. The Labute approximate surface area is 198 Å². The highest BCUT2D eigenvalue weighted by atomic mass is 32.2. The van der Waals surface area contributed by atoms with Gasteiger partial charge in [-0.05, 0) is 55.3 Å². The van der Waals surface area contributed by atoms with Crippen molar-refractivity contribution in [3.8, 4) is 0 Å². The monoisotopic (exact) mass is 484 g/mol. The summed E-state index contributed by atoms with van der Waals surface area (Å²) in [7, 11) is -4.08. The number of hydrogen-bond acceptors (Lipinski definition) is 5. The Hall–Kier alpha value is -3.72. The summed E-state index contributed by atoms with van der Waals surface area (Å²) in [6, 6.07) is 17.6. The first-order valence-electron chi connectivity index (χ1n) is 10.6. The van der Waals surface area contributed by atoms with E-state index in [4.69, 9.17) is 4.74 Å². The van der Waals surface area contributed by atoms with Crippen molar-refractivity contribution < 1.29 is 27.1 Å². The molecule has 0 aliphatic carbocycles. The maximum atomic E-state index is 13.8. The highest BCUT2D eigenvalue weighted by Gasteiger charge is 2.24. The molecule has 0 saturated carbocycles. The number of anilines is 1. The second-order valence-electron chi connectivity index (χ2n) is 7.57. The number of sulfonamides is 1. The first-order chi connectivity index (χ1) is 16.2. The molecule has 2 N–H and O–H groups in total. The maximum absolute atomic E-state index is 13.8. The molecule has 7 nitrogen and oxygen atoms in total. The van der Waals surface area contributed by atoms with Crippen LogP contribution in [0.4, 0.5) is 10.1 Å². The number of aryl methyl sites for hydroxylation is 1. The van der Waals surface area contributed by atoms with E-state index in [1.807, 2.05) is 30.3 Å². The summed E-state index contributed by atoms with van der Waals surface area (Å²) in [6.45, 7) is 3.37. The quantitative estimate of drug-likeness (QED) is 0.450. The zero-order chi connectivity index (χ0) is 24.7. The van der Waals surface area contributed by atoms with Gasteiger partial charge in [-0.25, -0.2) is 17.6 Å². The van der Waals surface area contributed by atoms with Crippen LogP contribution in [0.3, 0.4) is 0 Å². The fourth-order valence-corrected chi connectivity index (χ4v) is 4.27. The maximum Gasteiger partial charge on any atom is 0.328 e. The van der Waals surface area contributed by atoms with E-state index >= 15 is 0 Å². The summed E-state index contributed by atoms with van der Waals surface area (Å²) in [4.78, 5) is 25.1. The third-order valence-corrected chi connectivity index (χ3v) is 6.37. The van der Waals surface area contributed by atoms with E-state index in [1.165, 1.54) is 43.3 Å². The molecule has 34 heavy (non-hydrogen) atoms. The number of carbonyl (C=O) groups excluding carboxylic acids is 2. The molecule has 1 unspecified atom stereocenters. The van der Waals surface area contributed by atoms with Gasteiger partial charge in [0.25, 0.3) is 15.9 Å². The number of amides is 1. The second-order valence-corrected chi connectivity index (χ2v) is 9.25. The number of ether oxygens (including phenoxy) is 1. The third-order valence-electron chi connectivity index (χ3n) is 4.99. The lowest BCUT2D eigenvalue weighted by Gasteiger charge is -2.18. The van der Waals surface area contributed by atoms with Crippen LogP contribution in [0.25, 0.3) is 0 Å². The Morgan fingerprint density at radius 1 is 1.00 bits per heavy atom. The van der Waals surface area contributed by atoms with Gasteiger partial charge in [-0.3, -0.25) is 9.52 Å². The first kappa shape index (κ1) is 24.9. The molecule has 0 saturated heterocycles. The van der Waals surface area contributed by atoms with Crippen molar-refractivity contribution in [1.29, 1.82) is 0 Å². The van der Waals surface area contributed by atoms with Crippen LogP contribution in [0.5, 0.6) is 0 Å². The molecule has 0 heterocycles. The number of hydrogen-bond donors (Lipinski definition) is 2. The lowest BCUT2D eigenvalue weighted by molar-refractivity contribution is -0.145. The van der Waals surface area contributed by atoms with Crippen LogP contribution in [0.15, 0.2) is 77.7 Å². The van der Waals surface area contributed by atoms with Gasteiger partial charge in [0.05, 0.1) is 11.5 Å². The normalized spacial score (nSPS) is 12.0. The summed E-state index contributed by atoms with van der Waals surface area (Å²) in [5, 5.41) is 2.66. The number of carbonyl (C=O) groups is 2.